The number of aromatic nitrogens is 1. The van der Waals surface area contributed by atoms with E-state index in [1.807, 2.05) is 0 Å². The molecule has 1 aromatic heterocycles. The number of piperazine rings is 1. The van der Waals surface area contributed by atoms with Gasteiger partial charge in [0.25, 0.3) is 0 Å². The summed E-state index contributed by atoms with van der Waals surface area (Å²) in [5.74, 6) is 0.276. The van der Waals surface area contributed by atoms with Crippen LogP contribution in [-0.2, 0) is 9.59 Å². The van der Waals surface area contributed by atoms with Crippen LogP contribution in [0.1, 0.15) is 38.5 Å². The van der Waals surface area contributed by atoms with Gasteiger partial charge in [-0.15, -0.1) is 0 Å². The number of fused-ring (bicyclic) bond motifs is 1. The number of primary amides is 1. The maximum Gasteiger partial charge on any atom is 0.223 e. The second-order valence-corrected chi connectivity index (χ2v) is 9.53. The Morgan fingerprint density at radius 2 is 1.81 bits per heavy atom. The molecule has 2 atom stereocenters. The minimum absolute atomic E-state index is 0.00704. The summed E-state index contributed by atoms with van der Waals surface area (Å²) in [6.45, 7) is 5.81. The summed E-state index contributed by atoms with van der Waals surface area (Å²) in [7, 11) is 0. The first-order valence-corrected chi connectivity index (χ1v) is 12.3. The van der Waals surface area contributed by atoms with Crippen LogP contribution in [0.3, 0.4) is 0 Å². The van der Waals surface area contributed by atoms with Gasteiger partial charge in [-0.05, 0) is 55.9 Å². The van der Waals surface area contributed by atoms with Crippen molar-refractivity contribution in [2.75, 3.05) is 44.2 Å². The molecule has 0 bridgehead atoms. The van der Waals surface area contributed by atoms with Gasteiger partial charge in [0.05, 0.1) is 4.70 Å². The molecule has 1 aliphatic heterocycles. The quantitative estimate of drug-likeness (QED) is 0.612. The lowest BCUT2D eigenvalue weighted by Gasteiger charge is -2.35. The lowest BCUT2D eigenvalue weighted by Crippen LogP contribution is -2.47. The first-order chi connectivity index (χ1) is 15.1. The van der Waals surface area contributed by atoms with Gasteiger partial charge < -0.3 is 16.0 Å². The van der Waals surface area contributed by atoms with Gasteiger partial charge >= 0.3 is 0 Å². The Bertz CT molecular complexity index is 893. The summed E-state index contributed by atoms with van der Waals surface area (Å²) in [6, 6.07) is 8.44. The molecule has 0 radical (unpaired) electrons. The Morgan fingerprint density at radius 3 is 2.58 bits per heavy atom. The van der Waals surface area contributed by atoms with Gasteiger partial charge in [0.1, 0.15) is 5.82 Å². The van der Waals surface area contributed by atoms with Crippen molar-refractivity contribution in [1.82, 2.24) is 14.6 Å². The highest BCUT2D eigenvalue weighted by atomic mass is 32.1. The molecule has 8 heteroatoms. The number of nitrogens with zero attached hydrogens (tertiary/aromatic N) is 3. The van der Waals surface area contributed by atoms with Crippen molar-refractivity contribution in [1.29, 1.82) is 0 Å². The molecule has 2 unspecified atom stereocenters. The molecule has 2 amide bonds. The predicted molar refractivity (Wildman–Crippen MR) is 125 cm³/mol. The molecule has 2 aromatic rings. The minimum Gasteiger partial charge on any atom is -0.369 e. The van der Waals surface area contributed by atoms with Gasteiger partial charge in [0.15, 0.2) is 0 Å². The largest absolute Gasteiger partial charge is 0.369 e. The monoisotopic (exact) mass is 443 g/mol. The lowest BCUT2D eigenvalue weighted by atomic mass is 9.78. The number of carbonyl (C=O) groups excluding carboxylic acids is 2. The van der Waals surface area contributed by atoms with Crippen molar-refractivity contribution in [3.63, 3.8) is 0 Å². The molecule has 1 saturated heterocycles. The van der Waals surface area contributed by atoms with E-state index in [0.717, 1.165) is 77.1 Å². The zero-order chi connectivity index (χ0) is 21.6. The molecule has 1 saturated carbocycles. The van der Waals surface area contributed by atoms with E-state index < -0.39 is 0 Å². The molecule has 7 nitrogen and oxygen atoms in total. The average Bonchev–Trinajstić information content (AvgIpc) is 3.23. The van der Waals surface area contributed by atoms with Gasteiger partial charge in [-0.2, -0.15) is 4.37 Å². The summed E-state index contributed by atoms with van der Waals surface area (Å²) in [6.07, 6.45) is 5.53. The molecular weight excluding hydrogens is 410 g/mol. The molecule has 2 fully saturated rings. The number of nitrogens with one attached hydrogen (secondary N) is 1. The van der Waals surface area contributed by atoms with Crippen LogP contribution in [0, 0.1) is 11.8 Å². The number of carbonyl (C=O) groups is 2. The summed E-state index contributed by atoms with van der Waals surface area (Å²) in [5, 5.41) is 4.29. The van der Waals surface area contributed by atoms with E-state index in [1.54, 1.807) is 11.5 Å². The zero-order valence-corrected chi connectivity index (χ0v) is 18.9. The third kappa shape index (κ3) is 5.36. The van der Waals surface area contributed by atoms with Gasteiger partial charge in [0, 0.05) is 49.9 Å². The highest BCUT2D eigenvalue weighted by Crippen LogP contribution is 2.31. The highest BCUT2D eigenvalue weighted by molar-refractivity contribution is 7.13. The smallest absolute Gasteiger partial charge is 0.223 e. The van der Waals surface area contributed by atoms with Crippen LogP contribution in [0.25, 0.3) is 10.1 Å². The third-order valence-corrected chi connectivity index (χ3v) is 7.52. The molecule has 31 heavy (non-hydrogen) atoms. The Kier molecular flexibility index (Phi) is 7.40. The molecule has 2 aliphatic rings. The predicted octanol–water partition coefficient (Wildman–Crippen LogP) is 2.61. The normalized spacial score (nSPS) is 22.5. The van der Waals surface area contributed by atoms with Crippen molar-refractivity contribution in [2.45, 2.75) is 38.5 Å². The Balaban J connectivity index is 1.14. The van der Waals surface area contributed by atoms with Crippen molar-refractivity contribution in [3.05, 3.63) is 24.3 Å². The Labute approximate surface area is 188 Å². The summed E-state index contributed by atoms with van der Waals surface area (Å²) >= 11 is 1.58. The van der Waals surface area contributed by atoms with Crippen LogP contribution in [-0.4, -0.2) is 60.4 Å². The van der Waals surface area contributed by atoms with Crippen molar-refractivity contribution in [2.24, 2.45) is 17.6 Å². The van der Waals surface area contributed by atoms with E-state index in [-0.39, 0.29) is 23.7 Å². The Hall–Kier alpha value is -2.19. The number of rotatable bonds is 8. The minimum atomic E-state index is -0.329. The molecule has 2 heterocycles. The number of hydrogen-bond acceptors (Lipinski definition) is 6. The van der Waals surface area contributed by atoms with Gasteiger partial charge in [-0.25, -0.2) is 0 Å². The number of nitrogens with two attached hydrogens (primary N) is 1. The number of benzene rings is 1. The fourth-order valence-corrected chi connectivity index (χ4v) is 5.67. The lowest BCUT2D eigenvalue weighted by molar-refractivity contribution is -0.134. The number of anilines is 1. The van der Waals surface area contributed by atoms with Crippen LogP contribution in [0.2, 0.25) is 0 Å². The van der Waals surface area contributed by atoms with E-state index in [0.29, 0.717) is 6.54 Å². The fraction of sp³-hybridized carbons (Fsp3) is 0.609. The van der Waals surface area contributed by atoms with Crippen LogP contribution in [0.4, 0.5) is 5.82 Å². The molecule has 0 spiro atoms. The van der Waals surface area contributed by atoms with E-state index in [9.17, 15) is 9.59 Å². The second kappa shape index (κ2) is 10.4. The topological polar surface area (TPSA) is 91.6 Å². The van der Waals surface area contributed by atoms with Crippen molar-refractivity contribution in [3.8, 4) is 0 Å². The number of amides is 2. The third-order valence-electron chi connectivity index (χ3n) is 6.70. The molecule has 1 aromatic carbocycles. The fourth-order valence-electron chi connectivity index (χ4n) is 4.87. The van der Waals surface area contributed by atoms with Crippen molar-refractivity contribution >= 4 is 39.3 Å². The molecule has 4 rings (SSSR count). The van der Waals surface area contributed by atoms with Gasteiger partial charge in [0.2, 0.25) is 11.8 Å². The summed E-state index contributed by atoms with van der Waals surface area (Å²) in [4.78, 5) is 29.0. The molecular formula is C23H33N5O2S. The van der Waals surface area contributed by atoms with Crippen LogP contribution >= 0.6 is 11.5 Å². The summed E-state index contributed by atoms with van der Waals surface area (Å²) in [5.41, 5.74) is 5.49. The Morgan fingerprint density at radius 1 is 1.06 bits per heavy atom. The van der Waals surface area contributed by atoms with Crippen LogP contribution in [0.15, 0.2) is 24.3 Å². The van der Waals surface area contributed by atoms with Crippen molar-refractivity contribution < 1.29 is 9.59 Å². The van der Waals surface area contributed by atoms with E-state index in [4.69, 9.17) is 5.73 Å². The number of unbranched alkanes of at least 4 members (excludes halogenated alkanes) is 1. The second-order valence-electron chi connectivity index (χ2n) is 8.73. The maximum atomic E-state index is 12.5. The SMILES string of the molecule is NC(=O)C1CCCCC1C(=O)NCCCCN1CCN(c2nsc3ccccc23)CC1. The average molecular weight is 444 g/mol. The first kappa shape index (κ1) is 22.0. The van der Waals surface area contributed by atoms with E-state index in [2.05, 4.69) is 43.8 Å². The first-order valence-electron chi connectivity index (χ1n) is 11.5. The van der Waals surface area contributed by atoms with Gasteiger partial charge in [-0.1, -0.05) is 25.0 Å². The number of hydrogen-bond donors (Lipinski definition) is 2. The molecule has 168 valence electrons. The molecule has 1 aliphatic carbocycles. The highest BCUT2D eigenvalue weighted by Gasteiger charge is 2.34. The van der Waals surface area contributed by atoms with Gasteiger partial charge in [-0.3, -0.25) is 14.5 Å². The zero-order valence-electron chi connectivity index (χ0n) is 18.1. The van der Waals surface area contributed by atoms with E-state index in [1.165, 1.54) is 10.1 Å². The standard InChI is InChI=1S/C23H33N5O2S/c24-21(29)17-7-1-2-8-18(17)23(30)25-11-5-6-12-27-13-15-28(16-14-27)22-19-9-3-4-10-20(19)31-26-22/h3-4,9-10,17-18H,1-2,5-8,11-16H2,(H2,24,29)(H,25,30). The van der Waals surface area contributed by atoms with Crippen LogP contribution in [0.5, 0.6) is 0 Å². The molecule has 3 N–H and O–H groups in total. The maximum absolute atomic E-state index is 12.5. The summed E-state index contributed by atoms with van der Waals surface area (Å²) < 4.78 is 5.93. The van der Waals surface area contributed by atoms with E-state index >= 15 is 0 Å². The van der Waals surface area contributed by atoms with Crippen LogP contribution < -0.4 is 16.0 Å².